The molecule has 0 unspecified atom stereocenters. The lowest BCUT2D eigenvalue weighted by molar-refractivity contribution is 0.0680. The van der Waals surface area contributed by atoms with Crippen LogP contribution in [0.2, 0.25) is 0 Å². The molecule has 0 amide bonds. The van der Waals surface area contributed by atoms with Crippen LogP contribution in [0.15, 0.2) is 18.2 Å². The molecule has 1 aromatic carbocycles. The molecule has 0 radical (unpaired) electrons. The second-order valence-electron chi connectivity index (χ2n) is 2.64. The van der Waals surface area contributed by atoms with Gasteiger partial charge >= 0.3 is 11.9 Å². The third-order valence-corrected chi connectivity index (χ3v) is 1.70. The van der Waals surface area contributed by atoms with E-state index < -0.39 is 11.9 Å². The molecule has 0 saturated heterocycles. The molecule has 0 saturated carbocycles. The van der Waals surface area contributed by atoms with Crippen LogP contribution >= 0.6 is 0 Å². The Morgan fingerprint density at radius 3 is 2.07 bits per heavy atom. The van der Waals surface area contributed by atoms with Crippen LogP contribution in [0, 0.1) is 6.92 Å². The van der Waals surface area contributed by atoms with Crippen LogP contribution in [0.5, 0.6) is 0 Å². The fourth-order valence-electron chi connectivity index (χ4n) is 1.04. The van der Waals surface area contributed by atoms with E-state index in [1.54, 1.807) is 6.92 Å². The summed E-state index contributed by atoms with van der Waals surface area (Å²) in [5.74, 6) is -2.10. The number of carboxylic acid groups (broad SMARTS) is 2. The highest BCUT2D eigenvalue weighted by Gasteiger charge is 2.09. The summed E-state index contributed by atoms with van der Waals surface area (Å²) in [5.41, 5.74) is 0.680. The Morgan fingerprint density at radius 1 is 1.14 bits per heavy atom. The average Bonchev–Trinajstić information content (AvgIpc) is 2.03. The standard InChI is InChI=1S/C9H8O4.H3N/c1-5-4-6(8(10)11)2-3-7(5)9(12)13;/h2-4H,1H3,(H,10,11)(H,12,13);1H3. The van der Waals surface area contributed by atoms with E-state index in [0.29, 0.717) is 5.56 Å². The van der Waals surface area contributed by atoms with Crippen molar-refractivity contribution in [3.05, 3.63) is 34.9 Å². The molecule has 0 atom stereocenters. The third kappa shape index (κ3) is 2.30. The number of rotatable bonds is 2. The fraction of sp³-hybridized carbons (Fsp3) is 0.111. The van der Waals surface area contributed by atoms with Gasteiger partial charge in [-0.15, -0.1) is 0 Å². The van der Waals surface area contributed by atoms with Crippen molar-refractivity contribution in [3.63, 3.8) is 0 Å². The zero-order chi connectivity index (χ0) is 10.0. The maximum absolute atomic E-state index is 10.6. The van der Waals surface area contributed by atoms with Crippen LogP contribution in [0.25, 0.3) is 0 Å². The quantitative estimate of drug-likeness (QED) is 0.666. The molecular weight excluding hydrogens is 186 g/mol. The summed E-state index contributed by atoms with van der Waals surface area (Å²) in [6.07, 6.45) is 0. The van der Waals surface area contributed by atoms with Gasteiger partial charge < -0.3 is 16.4 Å². The Kier molecular flexibility index (Phi) is 3.79. The maximum Gasteiger partial charge on any atom is 0.335 e. The monoisotopic (exact) mass is 197 g/mol. The molecular formula is C9H11NO4. The first kappa shape index (κ1) is 12.1. The van der Waals surface area contributed by atoms with Gasteiger partial charge in [0, 0.05) is 0 Å². The minimum absolute atomic E-state index is 0. The lowest BCUT2D eigenvalue weighted by atomic mass is 10.1. The van der Waals surface area contributed by atoms with Gasteiger partial charge in [0.15, 0.2) is 0 Å². The van der Waals surface area contributed by atoms with E-state index >= 15 is 0 Å². The van der Waals surface area contributed by atoms with E-state index in [1.807, 2.05) is 0 Å². The van der Waals surface area contributed by atoms with E-state index in [2.05, 4.69) is 0 Å². The summed E-state index contributed by atoms with van der Waals surface area (Å²) in [6, 6.07) is 3.91. The Bertz CT molecular complexity index is 373. The summed E-state index contributed by atoms with van der Waals surface area (Å²) < 4.78 is 0. The Labute approximate surface area is 80.6 Å². The molecule has 0 aromatic heterocycles. The number of carboxylic acids is 2. The summed E-state index contributed by atoms with van der Waals surface area (Å²) in [7, 11) is 0. The SMILES string of the molecule is Cc1cc(C(=O)O)ccc1C(=O)O.N. The molecule has 1 aromatic rings. The van der Waals surface area contributed by atoms with Crippen molar-refractivity contribution >= 4 is 11.9 Å². The van der Waals surface area contributed by atoms with Crippen molar-refractivity contribution in [3.8, 4) is 0 Å². The Morgan fingerprint density at radius 2 is 1.71 bits per heavy atom. The molecule has 0 aliphatic rings. The summed E-state index contributed by atoms with van der Waals surface area (Å²) in [6.45, 7) is 1.57. The minimum Gasteiger partial charge on any atom is -0.478 e. The van der Waals surface area contributed by atoms with Gasteiger partial charge in [0.2, 0.25) is 0 Å². The van der Waals surface area contributed by atoms with Gasteiger partial charge in [-0.2, -0.15) is 0 Å². The third-order valence-electron chi connectivity index (χ3n) is 1.70. The van der Waals surface area contributed by atoms with Crippen LogP contribution in [-0.4, -0.2) is 22.2 Å². The van der Waals surface area contributed by atoms with Crippen molar-refractivity contribution in [2.45, 2.75) is 6.92 Å². The van der Waals surface area contributed by atoms with Gasteiger partial charge in [-0.05, 0) is 30.7 Å². The van der Waals surface area contributed by atoms with Gasteiger partial charge in [-0.1, -0.05) is 0 Å². The van der Waals surface area contributed by atoms with E-state index in [4.69, 9.17) is 10.2 Å². The smallest absolute Gasteiger partial charge is 0.335 e. The molecule has 0 fully saturated rings. The predicted molar refractivity (Wildman–Crippen MR) is 50.1 cm³/mol. The molecule has 1 rings (SSSR count). The first-order chi connectivity index (χ1) is 6.02. The van der Waals surface area contributed by atoms with Crippen molar-refractivity contribution in [2.75, 3.05) is 0 Å². The van der Waals surface area contributed by atoms with E-state index in [1.165, 1.54) is 18.2 Å². The predicted octanol–water partition coefficient (Wildman–Crippen LogP) is 1.55. The second kappa shape index (κ2) is 4.38. The number of aromatic carboxylic acids is 2. The molecule has 0 aliphatic heterocycles. The summed E-state index contributed by atoms with van der Waals surface area (Å²) >= 11 is 0. The zero-order valence-corrected chi connectivity index (χ0v) is 7.65. The summed E-state index contributed by atoms with van der Waals surface area (Å²) in [4.78, 5) is 21.0. The van der Waals surface area contributed by atoms with Gasteiger partial charge in [-0.25, -0.2) is 9.59 Å². The Hall–Kier alpha value is -1.88. The van der Waals surface area contributed by atoms with Crippen molar-refractivity contribution in [1.82, 2.24) is 6.15 Å². The van der Waals surface area contributed by atoms with Gasteiger partial charge in [0.1, 0.15) is 0 Å². The van der Waals surface area contributed by atoms with Crippen molar-refractivity contribution in [1.29, 1.82) is 0 Å². The highest BCUT2D eigenvalue weighted by Crippen LogP contribution is 2.10. The molecule has 5 nitrogen and oxygen atoms in total. The topological polar surface area (TPSA) is 110 Å². The average molecular weight is 197 g/mol. The van der Waals surface area contributed by atoms with Gasteiger partial charge in [0.05, 0.1) is 11.1 Å². The first-order valence-corrected chi connectivity index (χ1v) is 3.59. The zero-order valence-electron chi connectivity index (χ0n) is 7.65. The van der Waals surface area contributed by atoms with Crippen LogP contribution < -0.4 is 6.15 Å². The first-order valence-electron chi connectivity index (χ1n) is 3.59. The van der Waals surface area contributed by atoms with Crippen LogP contribution in [-0.2, 0) is 0 Å². The summed E-state index contributed by atoms with van der Waals surface area (Å²) in [5, 5.41) is 17.2. The van der Waals surface area contributed by atoms with Crippen LogP contribution in [0.1, 0.15) is 26.3 Å². The number of aryl methyl sites for hydroxylation is 1. The molecule has 0 bridgehead atoms. The largest absolute Gasteiger partial charge is 0.478 e. The van der Waals surface area contributed by atoms with E-state index in [9.17, 15) is 9.59 Å². The van der Waals surface area contributed by atoms with Crippen LogP contribution in [0.3, 0.4) is 0 Å². The number of hydrogen-bond donors (Lipinski definition) is 3. The lowest BCUT2D eigenvalue weighted by Gasteiger charge is -2.01. The molecule has 0 aliphatic carbocycles. The van der Waals surface area contributed by atoms with Crippen molar-refractivity contribution < 1.29 is 19.8 Å². The highest BCUT2D eigenvalue weighted by atomic mass is 16.4. The van der Waals surface area contributed by atoms with Crippen molar-refractivity contribution in [2.24, 2.45) is 0 Å². The lowest BCUT2D eigenvalue weighted by Crippen LogP contribution is -2.03. The number of hydrogen-bond acceptors (Lipinski definition) is 3. The molecule has 5 heteroatoms. The normalized spacial score (nSPS) is 8.93. The molecule has 0 spiro atoms. The second-order valence-corrected chi connectivity index (χ2v) is 2.64. The molecule has 14 heavy (non-hydrogen) atoms. The highest BCUT2D eigenvalue weighted by molar-refractivity contribution is 5.93. The molecule has 0 heterocycles. The van der Waals surface area contributed by atoms with Crippen LogP contribution in [0.4, 0.5) is 0 Å². The molecule has 5 N–H and O–H groups in total. The van der Waals surface area contributed by atoms with E-state index in [-0.39, 0.29) is 17.3 Å². The minimum atomic E-state index is -1.06. The number of carbonyl (C=O) groups is 2. The fourth-order valence-corrected chi connectivity index (χ4v) is 1.04. The van der Waals surface area contributed by atoms with Gasteiger partial charge in [0.25, 0.3) is 0 Å². The van der Waals surface area contributed by atoms with E-state index in [0.717, 1.165) is 0 Å². The van der Waals surface area contributed by atoms with Gasteiger partial charge in [-0.3, -0.25) is 0 Å². The maximum atomic E-state index is 10.6. The molecule has 76 valence electrons. The Balaban J connectivity index is 0.00000169. The number of benzene rings is 1.